The summed E-state index contributed by atoms with van der Waals surface area (Å²) in [7, 11) is 1.10. The van der Waals surface area contributed by atoms with Crippen LogP contribution in [-0.4, -0.2) is 37.1 Å². The van der Waals surface area contributed by atoms with Crippen LogP contribution >= 0.6 is 15.9 Å². The molecular formula is C17H13BrF2N2O7. The first-order valence-corrected chi connectivity index (χ1v) is 8.55. The highest BCUT2D eigenvalue weighted by atomic mass is 79.9. The number of alkyl halides is 2. The number of hydrogen-bond donors (Lipinski definition) is 1. The van der Waals surface area contributed by atoms with Gasteiger partial charge in [0, 0.05) is 10.5 Å². The van der Waals surface area contributed by atoms with Crippen LogP contribution in [0.4, 0.5) is 20.2 Å². The van der Waals surface area contributed by atoms with Crippen molar-refractivity contribution in [2.45, 2.75) is 6.61 Å². The predicted octanol–water partition coefficient (Wildman–Crippen LogP) is 3.76. The van der Waals surface area contributed by atoms with Crippen LogP contribution in [0.1, 0.15) is 10.4 Å². The van der Waals surface area contributed by atoms with Gasteiger partial charge >= 0.3 is 12.6 Å². The lowest BCUT2D eigenvalue weighted by molar-refractivity contribution is -0.385. The Morgan fingerprint density at radius 2 is 1.93 bits per heavy atom. The Morgan fingerprint density at radius 3 is 2.52 bits per heavy atom. The Labute approximate surface area is 170 Å². The molecule has 2 aromatic rings. The van der Waals surface area contributed by atoms with Crippen molar-refractivity contribution >= 4 is 39.2 Å². The first-order chi connectivity index (χ1) is 13.7. The largest absolute Gasteiger partial charge is 0.493 e. The van der Waals surface area contributed by atoms with E-state index >= 15 is 0 Å². The third-order valence-corrected chi connectivity index (χ3v) is 4.09. The summed E-state index contributed by atoms with van der Waals surface area (Å²) >= 11 is 3.23. The number of nitro groups is 1. The molecule has 2 aromatic carbocycles. The number of methoxy groups -OCH3 is 1. The second-order valence-electron chi connectivity index (χ2n) is 5.26. The summed E-state index contributed by atoms with van der Waals surface area (Å²) in [5.41, 5.74) is -1.02. The first kappa shape index (κ1) is 22.0. The molecule has 0 unspecified atom stereocenters. The number of nitrogens with zero attached hydrogens (tertiary/aromatic N) is 1. The summed E-state index contributed by atoms with van der Waals surface area (Å²) in [5.74, 6) is -2.89. The molecule has 0 saturated carbocycles. The van der Waals surface area contributed by atoms with E-state index in [9.17, 15) is 28.5 Å². The van der Waals surface area contributed by atoms with E-state index in [1.807, 2.05) is 0 Å². The number of anilines is 1. The van der Waals surface area contributed by atoms with Gasteiger partial charge in [-0.2, -0.15) is 8.78 Å². The lowest BCUT2D eigenvalue weighted by Gasteiger charge is -2.12. The summed E-state index contributed by atoms with van der Waals surface area (Å²) in [6.07, 6.45) is 0. The summed E-state index contributed by atoms with van der Waals surface area (Å²) < 4.78 is 39.3. The highest BCUT2D eigenvalue weighted by Crippen LogP contribution is 2.36. The third kappa shape index (κ3) is 5.85. The maximum Gasteiger partial charge on any atom is 0.387 e. The van der Waals surface area contributed by atoms with Gasteiger partial charge in [0.25, 0.3) is 11.6 Å². The maximum atomic E-state index is 12.5. The molecule has 0 aromatic heterocycles. The average molecular weight is 475 g/mol. The molecule has 0 saturated heterocycles. The number of para-hydroxylation sites is 1. The Bertz CT molecular complexity index is 940. The summed E-state index contributed by atoms with van der Waals surface area (Å²) in [4.78, 5) is 34.4. The number of ether oxygens (including phenoxy) is 3. The van der Waals surface area contributed by atoms with E-state index in [0.717, 1.165) is 13.2 Å². The smallest absolute Gasteiger partial charge is 0.387 e. The van der Waals surface area contributed by atoms with E-state index in [0.29, 0.717) is 16.2 Å². The number of carbonyl (C=O) groups excluding carboxylic acids is 2. The molecule has 9 nitrogen and oxygen atoms in total. The molecule has 0 aliphatic rings. The molecule has 1 N–H and O–H groups in total. The van der Waals surface area contributed by atoms with Crippen LogP contribution in [0.3, 0.4) is 0 Å². The predicted molar refractivity (Wildman–Crippen MR) is 99.3 cm³/mol. The van der Waals surface area contributed by atoms with Crippen LogP contribution in [0.15, 0.2) is 40.9 Å². The standard InChI is InChI=1S/C17H13BrF2N2O7/c1-27-13-6-9(12(22(25)26)7-14(13)29-17(19)20)16(24)28-8-15(23)21-11-5-3-2-4-10(11)18/h2-7,17H,8H2,1H3,(H,21,23). The van der Waals surface area contributed by atoms with Gasteiger partial charge < -0.3 is 19.5 Å². The molecule has 0 atom stereocenters. The number of nitrogens with one attached hydrogen (secondary N) is 1. The van der Waals surface area contributed by atoms with Crippen LogP contribution < -0.4 is 14.8 Å². The number of hydrogen-bond acceptors (Lipinski definition) is 7. The van der Waals surface area contributed by atoms with Gasteiger partial charge in [-0.25, -0.2) is 4.79 Å². The second-order valence-corrected chi connectivity index (χ2v) is 6.11. The van der Waals surface area contributed by atoms with Gasteiger partial charge in [-0.05, 0) is 28.1 Å². The summed E-state index contributed by atoms with van der Waals surface area (Å²) in [5, 5.41) is 13.7. The minimum atomic E-state index is -3.26. The number of rotatable bonds is 8. The molecule has 29 heavy (non-hydrogen) atoms. The zero-order valence-electron chi connectivity index (χ0n) is 14.7. The SMILES string of the molecule is COc1cc(C(=O)OCC(=O)Nc2ccccc2Br)c([N+](=O)[O-])cc1OC(F)F. The van der Waals surface area contributed by atoms with Gasteiger partial charge in [0.05, 0.1) is 23.8 Å². The number of carbonyl (C=O) groups is 2. The Hall–Kier alpha value is -3.28. The second kappa shape index (κ2) is 9.78. The molecule has 2 rings (SSSR count). The van der Waals surface area contributed by atoms with Gasteiger partial charge in [0.2, 0.25) is 0 Å². The van der Waals surface area contributed by atoms with Crippen LogP contribution in [0, 0.1) is 10.1 Å². The van der Waals surface area contributed by atoms with E-state index in [4.69, 9.17) is 9.47 Å². The topological polar surface area (TPSA) is 117 Å². The Kier molecular flexibility index (Phi) is 7.42. The van der Waals surface area contributed by atoms with E-state index < -0.39 is 47.0 Å². The van der Waals surface area contributed by atoms with Crippen LogP contribution in [0.5, 0.6) is 11.5 Å². The molecule has 0 bridgehead atoms. The number of amides is 1. The zero-order valence-corrected chi connectivity index (χ0v) is 16.3. The molecular weight excluding hydrogens is 462 g/mol. The van der Waals surface area contributed by atoms with Gasteiger partial charge in [-0.15, -0.1) is 0 Å². The van der Waals surface area contributed by atoms with Gasteiger partial charge in [-0.1, -0.05) is 12.1 Å². The van der Waals surface area contributed by atoms with E-state index in [1.165, 1.54) is 0 Å². The van der Waals surface area contributed by atoms with Gasteiger partial charge in [0.15, 0.2) is 18.1 Å². The monoisotopic (exact) mass is 474 g/mol. The van der Waals surface area contributed by atoms with Crippen molar-refractivity contribution in [1.82, 2.24) is 0 Å². The fourth-order valence-corrected chi connectivity index (χ4v) is 2.55. The van der Waals surface area contributed by atoms with Crippen molar-refractivity contribution in [2.75, 3.05) is 19.0 Å². The van der Waals surface area contributed by atoms with Crippen molar-refractivity contribution in [3.63, 3.8) is 0 Å². The Balaban J connectivity index is 2.17. The average Bonchev–Trinajstić information content (AvgIpc) is 2.67. The number of halogens is 3. The van der Waals surface area contributed by atoms with Gasteiger partial charge in [-0.3, -0.25) is 14.9 Å². The fourth-order valence-electron chi connectivity index (χ4n) is 2.17. The summed E-state index contributed by atoms with van der Waals surface area (Å²) in [6.45, 7) is -4.00. The zero-order chi connectivity index (χ0) is 21.6. The van der Waals surface area contributed by atoms with E-state index in [1.54, 1.807) is 24.3 Å². The first-order valence-electron chi connectivity index (χ1n) is 7.75. The quantitative estimate of drug-likeness (QED) is 0.351. The maximum absolute atomic E-state index is 12.5. The van der Waals surface area contributed by atoms with Crippen LogP contribution in [-0.2, 0) is 9.53 Å². The molecule has 0 fully saturated rings. The minimum Gasteiger partial charge on any atom is -0.493 e. The summed E-state index contributed by atoms with van der Waals surface area (Å²) in [6, 6.07) is 8.12. The van der Waals surface area contributed by atoms with Gasteiger partial charge in [0.1, 0.15) is 5.56 Å². The van der Waals surface area contributed by atoms with Crippen molar-refractivity contribution in [2.24, 2.45) is 0 Å². The fraction of sp³-hybridized carbons (Fsp3) is 0.176. The number of nitro benzene ring substituents is 1. The number of esters is 1. The van der Waals surface area contributed by atoms with E-state index in [2.05, 4.69) is 26.0 Å². The lowest BCUT2D eigenvalue weighted by Crippen LogP contribution is -2.21. The van der Waals surface area contributed by atoms with Crippen LogP contribution in [0.2, 0.25) is 0 Å². The Morgan fingerprint density at radius 1 is 1.24 bits per heavy atom. The highest BCUT2D eigenvalue weighted by Gasteiger charge is 2.27. The molecule has 0 heterocycles. The van der Waals surface area contributed by atoms with Crippen LogP contribution in [0.25, 0.3) is 0 Å². The molecule has 154 valence electrons. The highest BCUT2D eigenvalue weighted by molar-refractivity contribution is 9.10. The molecule has 0 spiro atoms. The molecule has 0 aliphatic heterocycles. The molecule has 1 amide bonds. The van der Waals surface area contributed by atoms with Crippen molar-refractivity contribution in [3.8, 4) is 11.5 Å². The molecule has 0 aliphatic carbocycles. The lowest BCUT2D eigenvalue weighted by atomic mass is 10.1. The molecule has 12 heteroatoms. The van der Waals surface area contributed by atoms with E-state index in [-0.39, 0.29) is 5.75 Å². The van der Waals surface area contributed by atoms with Crippen molar-refractivity contribution in [3.05, 3.63) is 56.5 Å². The van der Waals surface area contributed by atoms with Crippen molar-refractivity contribution in [1.29, 1.82) is 0 Å². The van der Waals surface area contributed by atoms with Crippen molar-refractivity contribution < 1.29 is 37.5 Å². The normalized spacial score (nSPS) is 10.4. The number of benzene rings is 2. The third-order valence-electron chi connectivity index (χ3n) is 3.40. The molecule has 0 radical (unpaired) electrons. The minimum absolute atomic E-state index is 0.347.